The van der Waals surface area contributed by atoms with Crippen LogP contribution in [0.25, 0.3) is 5.95 Å². The summed E-state index contributed by atoms with van der Waals surface area (Å²) in [6.45, 7) is 3.67. The zero-order chi connectivity index (χ0) is 24.1. The number of imidazole rings is 1. The monoisotopic (exact) mass is 501 g/mol. The molecule has 0 spiro atoms. The number of aromatic nitrogens is 4. The lowest BCUT2D eigenvalue weighted by molar-refractivity contribution is -0.143. The van der Waals surface area contributed by atoms with E-state index in [0.717, 1.165) is 12.1 Å². The van der Waals surface area contributed by atoms with Crippen LogP contribution < -0.4 is 10.2 Å². The molecule has 4 rings (SSSR count). The van der Waals surface area contributed by atoms with E-state index in [2.05, 4.69) is 20.3 Å². The number of rotatable bonds is 7. The van der Waals surface area contributed by atoms with Gasteiger partial charge in [-0.15, -0.1) is 0 Å². The summed E-state index contributed by atoms with van der Waals surface area (Å²) >= 11 is 12.2. The zero-order valence-corrected chi connectivity index (χ0v) is 20.2. The zero-order valence-electron chi connectivity index (χ0n) is 18.7. The molecule has 11 heteroatoms. The smallest absolute Gasteiger partial charge is 0.238 e. The number of anilines is 1. The summed E-state index contributed by atoms with van der Waals surface area (Å²) in [4.78, 5) is 41.8. The first kappa shape index (κ1) is 24.1. The minimum atomic E-state index is -0.276. The maximum atomic E-state index is 13.2. The van der Waals surface area contributed by atoms with Crippen LogP contribution in [-0.2, 0) is 16.0 Å². The lowest BCUT2D eigenvalue weighted by Crippen LogP contribution is -2.54. The Balaban J connectivity index is 1.49. The molecule has 34 heavy (non-hydrogen) atoms. The van der Waals surface area contributed by atoms with Gasteiger partial charge >= 0.3 is 0 Å². The van der Waals surface area contributed by atoms with Crippen molar-refractivity contribution in [2.24, 2.45) is 0 Å². The lowest BCUT2D eigenvalue weighted by Gasteiger charge is -2.37. The van der Waals surface area contributed by atoms with E-state index in [1.54, 1.807) is 41.5 Å². The van der Waals surface area contributed by atoms with Crippen LogP contribution in [0, 0.1) is 0 Å². The molecule has 1 fully saturated rings. The van der Waals surface area contributed by atoms with Gasteiger partial charge in [0.15, 0.2) is 0 Å². The van der Waals surface area contributed by atoms with E-state index < -0.39 is 0 Å². The van der Waals surface area contributed by atoms with Crippen molar-refractivity contribution >= 4 is 40.8 Å². The summed E-state index contributed by atoms with van der Waals surface area (Å²) in [5, 5.41) is 4.27. The Labute approximate surface area is 207 Å². The molecule has 0 saturated carbocycles. The molecule has 0 aliphatic carbocycles. The van der Waals surface area contributed by atoms with Crippen molar-refractivity contribution in [1.29, 1.82) is 0 Å². The van der Waals surface area contributed by atoms with E-state index in [4.69, 9.17) is 23.2 Å². The summed E-state index contributed by atoms with van der Waals surface area (Å²) in [6.07, 6.45) is 5.69. The van der Waals surface area contributed by atoms with Gasteiger partial charge in [0.1, 0.15) is 17.3 Å². The molecule has 1 aromatic carbocycles. The van der Waals surface area contributed by atoms with Crippen LogP contribution in [0.1, 0.15) is 18.9 Å². The molecule has 0 radical (unpaired) electrons. The Morgan fingerprint density at radius 1 is 1.21 bits per heavy atom. The average Bonchev–Trinajstić information content (AvgIpc) is 3.35. The molecular weight excluding hydrogens is 477 g/mol. The maximum Gasteiger partial charge on any atom is 0.238 e. The fraction of sp³-hybridized carbons (Fsp3) is 0.348. The highest BCUT2D eigenvalue weighted by Gasteiger charge is 2.29. The van der Waals surface area contributed by atoms with Gasteiger partial charge in [-0.3, -0.25) is 19.1 Å². The predicted octanol–water partition coefficient (Wildman–Crippen LogP) is 2.76. The number of carbonyl (C=O) groups is 2. The maximum absolute atomic E-state index is 13.2. The van der Waals surface area contributed by atoms with Gasteiger partial charge < -0.3 is 10.2 Å². The molecule has 1 aliphatic rings. The van der Waals surface area contributed by atoms with Gasteiger partial charge in [-0.2, -0.15) is 4.98 Å². The minimum Gasteiger partial charge on any atom is -0.350 e. The summed E-state index contributed by atoms with van der Waals surface area (Å²) < 4.78 is 1.67. The molecule has 0 bridgehead atoms. The van der Waals surface area contributed by atoms with Gasteiger partial charge in [0.05, 0.1) is 6.04 Å². The first-order chi connectivity index (χ1) is 16.4. The fourth-order valence-electron chi connectivity index (χ4n) is 3.94. The van der Waals surface area contributed by atoms with Crippen LogP contribution >= 0.6 is 23.2 Å². The van der Waals surface area contributed by atoms with E-state index >= 15 is 0 Å². The van der Waals surface area contributed by atoms with Crippen LogP contribution in [0.2, 0.25) is 10.2 Å². The summed E-state index contributed by atoms with van der Waals surface area (Å²) in [7, 11) is 0. The van der Waals surface area contributed by atoms with Gasteiger partial charge in [0.25, 0.3) is 0 Å². The quantitative estimate of drug-likeness (QED) is 0.497. The van der Waals surface area contributed by atoms with Crippen LogP contribution in [0.4, 0.5) is 5.82 Å². The second-order valence-corrected chi connectivity index (χ2v) is 8.84. The molecule has 2 aromatic heterocycles. The number of piperazine rings is 1. The first-order valence-electron chi connectivity index (χ1n) is 11.0. The molecule has 3 heterocycles. The largest absolute Gasteiger partial charge is 0.350 e. The number of hydrogen-bond acceptors (Lipinski definition) is 7. The summed E-state index contributed by atoms with van der Waals surface area (Å²) in [5.41, 5.74) is 1.01. The first-order valence-corrected chi connectivity index (χ1v) is 11.7. The van der Waals surface area contributed by atoms with Gasteiger partial charge in [-0.25, -0.2) is 9.97 Å². The molecule has 178 valence electrons. The number of amides is 2. The number of carbonyl (C=O) groups excluding carboxylic acids is 2. The molecular formula is C23H25Cl2N7O2. The molecule has 1 aliphatic heterocycles. The van der Waals surface area contributed by atoms with Gasteiger partial charge in [-0.1, -0.05) is 35.3 Å². The van der Waals surface area contributed by atoms with Gasteiger partial charge in [-0.05, 0) is 24.1 Å². The van der Waals surface area contributed by atoms with Crippen LogP contribution in [0.5, 0.6) is 0 Å². The third-order valence-electron chi connectivity index (χ3n) is 5.68. The Morgan fingerprint density at radius 3 is 2.71 bits per heavy atom. The Hall–Kier alpha value is -3.01. The second kappa shape index (κ2) is 10.9. The van der Waals surface area contributed by atoms with Crippen LogP contribution in [0.3, 0.4) is 0 Å². The second-order valence-electron chi connectivity index (χ2n) is 8.02. The fourth-order valence-corrected chi connectivity index (χ4v) is 4.24. The standard InChI is InChI=1S/C23H25Cl2N7O2/c1-16(33)31(9-6-17-2-4-18(24)5-3-17)22(34)12-19-14-26-8-11-32(19)21-13-20(25)28-23(29-21)30-10-7-27-15-30/h2-5,7,10,13,15,19,26H,6,8-9,11-12,14H2,1H3. The Morgan fingerprint density at radius 2 is 2.00 bits per heavy atom. The molecule has 3 aromatic rings. The normalized spacial score (nSPS) is 15.9. The number of benzene rings is 1. The number of imide groups is 1. The number of nitrogens with one attached hydrogen (secondary N) is 1. The number of nitrogens with zero attached hydrogens (tertiary/aromatic N) is 6. The highest BCUT2D eigenvalue weighted by atomic mass is 35.5. The molecule has 9 nitrogen and oxygen atoms in total. The molecule has 1 N–H and O–H groups in total. The Kier molecular flexibility index (Phi) is 7.77. The predicted molar refractivity (Wildman–Crippen MR) is 130 cm³/mol. The van der Waals surface area contributed by atoms with Crippen molar-refractivity contribution in [3.63, 3.8) is 0 Å². The topological polar surface area (TPSA) is 96.2 Å². The minimum absolute atomic E-state index is 0.162. The van der Waals surface area contributed by atoms with Crippen LogP contribution in [0.15, 0.2) is 49.1 Å². The van der Waals surface area contributed by atoms with Crippen molar-refractivity contribution < 1.29 is 9.59 Å². The average molecular weight is 502 g/mol. The summed E-state index contributed by atoms with van der Waals surface area (Å²) in [5.74, 6) is 0.521. The van der Waals surface area contributed by atoms with Crippen LogP contribution in [-0.4, -0.2) is 68.5 Å². The van der Waals surface area contributed by atoms with E-state index in [9.17, 15) is 9.59 Å². The third kappa shape index (κ3) is 5.91. The van der Waals surface area contributed by atoms with Crippen molar-refractivity contribution in [1.82, 2.24) is 29.7 Å². The van der Waals surface area contributed by atoms with Crippen molar-refractivity contribution in [2.45, 2.75) is 25.8 Å². The molecule has 1 saturated heterocycles. The van der Waals surface area contributed by atoms with Gasteiger partial charge in [0, 0.05) is 63.0 Å². The highest BCUT2D eigenvalue weighted by Crippen LogP contribution is 2.23. The van der Waals surface area contributed by atoms with E-state index in [-0.39, 0.29) is 24.3 Å². The van der Waals surface area contributed by atoms with E-state index in [1.165, 1.54) is 11.8 Å². The Bertz CT molecular complexity index is 1140. The van der Waals surface area contributed by atoms with Crippen molar-refractivity contribution in [2.75, 3.05) is 31.1 Å². The third-order valence-corrected chi connectivity index (χ3v) is 6.12. The molecule has 1 atom stereocenters. The summed E-state index contributed by atoms with van der Waals surface area (Å²) in [6, 6.07) is 8.89. The lowest BCUT2D eigenvalue weighted by atomic mass is 10.1. The number of hydrogen-bond donors (Lipinski definition) is 1. The van der Waals surface area contributed by atoms with E-state index in [1.807, 2.05) is 17.0 Å². The molecule has 2 amide bonds. The van der Waals surface area contributed by atoms with Crippen molar-refractivity contribution in [3.05, 3.63) is 64.8 Å². The van der Waals surface area contributed by atoms with Gasteiger partial charge in [0.2, 0.25) is 17.8 Å². The molecule has 1 unspecified atom stereocenters. The van der Waals surface area contributed by atoms with E-state index in [0.29, 0.717) is 48.0 Å². The number of halogens is 2. The SMILES string of the molecule is CC(=O)N(CCc1ccc(Cl)cc1)C(=O)CC1CNCCN1c1cc(Cl)nc(-n2ccnc2)n1. The highest BCUT2D eigenvalue weighted by molar-refractivity contribution is 6.30. The van der Waals surface area contributed by atoms with Crippen molar-refractivity contribution in [3.8, 4) is 5.95 Å².